The lowest BCUT2D eigenvalue weighted by atomic mass is 10.1. The fourth-order valence-electron chi connectivity index (χ4n) is 2.81. The molecule has 1 aromatic heterocycles. The van der Waals surface area contributed by atoms with Gasteiger partial charge in [0.05, 0.1) is 17.2 Å². The van der Waals surface area contributed by atoms with Gasteiger partial charge in [-0.2, -0.15) is 0 Å². The molecular weight excluding hydrogens is 364 g/mol. The second-order valence-corrected chi connectivity index (χ2v) is 8.38. The highest BCUT2D eigenvalue weighted by molar-refractivity contribution is 7.91. The molecule has 1 atom stereocenters. The van der Waals surface area contributed by atoms with Crippen molar-refractivity contribution in [1.82, 2.24) is 9.88 Å². The smallest absolute Gasteiger partial charge is 0.254 e. The maximum Gasteiger partial charge on any atom is 0.254 e. The van der Waals surface area contributed by atoms with Crippen LogP contribution >= 0.6 is 0 Å². The van der Waals surface area contributed by atoms with Gasteiger partial charge in [0.2, 0.25) is 0 Å². The number of nitrogens with zero attached hydrogens (tertiary/aromatic N) is 2. The second kappa shape index (κ2) is 6.99. The third kappa shape index (κ3) is 3.98. The molecule has 1 amide bonds. The number of rotatable bonds is 4. The van der Waals surface area contributed by atoms with E-state index in [1.54, 1.807) is 7.05 Å². The first kappa shape index (κ1) is 18.2. The quantitative estimate of drug-likeness (QED) is 0.880. The van der Waals surface area contributed by atoms with E-state index in [1.165, 1.54) is 29.3 Å². The number of anilines is 2. The summed E-state index contributed by atoms with van der Waals surface area (Å²) in [5, 5.41) is 2.70. The molecule has 1 aromatic carbocycles. The van der Waals surface area contributed by atoms with Gasteiger partial charge in [0, 0.05) is 30.9 Å². The number of halogens is 2. The van der Waals surface area contributed by atoms with Gasteiger partial charge in [-0.25, -0.2) is 22.2 Å². The molecule has 1 aliphatic rings. The third-order valence-corrected chi connectivity index (χ3v) is 6.03. The topological polar surface area (TPSA) is 79.4 Å². The van der Waals surface area contributed by atoms with Gasteiger partial charge < -0.3 is 10.2 Å². The Hall–Kier alpha value is -2.55. The zero-order chi connectivity index (χ0) is 18.9. The fourth-order valence-corrected chi connectivity index (χ4v) is 4.59. The summed E-state index contributed by atoms with van der Waals surface area (Å²) in [7, 11) is -1.55. The average Bonchev–Trinajstić information content (AvgIpc) is 2.96. The van der Waals surface area contributed by atoms with E-state index < -0.39 is 21.5 Å². The first-order chi connectivity index (χ1) is 12.2. The molecule has 2 aromatic rings. The van der Waals surface area contributed by atoms with Crippen LogP contribution < -0.4 is 5.32 Å². The summed E-state index contributed by atoms with van der Waals surface area (Å²) in [5.74, 6) is -1.59. The SMILES string of the molecule is CN(C(=O)c1ccnc(Nc2ccc(F)cc2F)c1)C1CCS(=O)(=O)C1. The van der Waals surface area contributed by atoms with Crippen LogP contribution in [-0.2, 0) is 9.84 Å². The highest BCUT2D eigenvalue weighted by atomic mass is 32.2. The summed E-state index contributed by atoms with van der Waals surface area (Å²) in [4.78, 5) is 18.0. The van der Waals surface area contributed by atoms with Crippen LogP contribution in [0.25, 0.3) is 0 Å². The van der Waals surface area contributed by atoms with Gasteiger partial charge in [0.1, 0.15) is 17.5 Å². The summed E-state index contributed by atoms with van der Waals surface area (Å²) in [6.07, 6.45) is 1.79. The Morgan fingerprint density at radius 1 is 1.27 bits per heavy atom. The van der Waals surface area contributed by atoms with Gasteiger partial charge in [0.25, 0.3) is 5.91 Å². The van der Waals surface area contributed by atoms with E-state index in [0.29, 0.717) is 6.42 Å². The minimum Gasteiger partial charge on any atom is -0.338 e. The van der Waals surface area contributed by atoms with E-state index in [-0.39, 0.29) is 40.5 Å². The van der Waals surface area contributed by atoms with Gasteiger partial charge in [-0.05, 0) is 30.7 Å². The number of hydrogen-bond acceptors (Lipinski definition) is 5. The van der Waals surface area contributed by atoms with Crippen LogP contribution in [0.1, 0.15) is 16.8 Å². The summed E-state index contributed by atoms with van der Waals surface area (Å²) < 4.78 is 49.9. The van der Waals surface area contributed by atoms with Crippen molar-refractivity contribution in [3.63, 3.8) is 0 Å². The lowest BCUT2D eigenvalue weighted by molar-refractivity contribution is 0.0747. The Bertz CT molecular complexity index is 950. The third-order valence-electron chi connectivity index (χ3n) is 4.28. The Morgan fingerprint density at radius 2 is 2.04 bits per heavy atom. The molecule has 0 bridgehead atoms. The monoisotopic (exact) mass is 381 g/mol. The molecule has 26 heavy (non-hydrogen) atoms. The van der Waals surface area contributed by atoms with Crippen molar-refractivity contribution in [3.8, 4) is 0 Å². The lowest BCUT2D eigenvalue weighted by Gasteiger charge is -2.23. The Kier molecular flexibility index (Phi) is 4.90. The normalized spacial score (nSPS) is 18.5. The number of carbonyl (C=O) groups excluding carboxylic acids is 1. The van der Waals surface area contributed by atoms with E-state index in [1.807, 2.05) is 0 Å². The molecule has 0 radical (unpaired) electrons. The van der Waals surface area contributed by atoms with E-state index in [0.717, 1.165) is 12.1 Å². The van der Waals surface area contributed by atoms with Crippen molar-refractivity contribution in [2.75, 3.05) is 23.9 Å². The molecule has 0 saturated carbocycles. The number of aromatic nitrogens is 1. The Balaban J connectivity index is 1.77. The van der Waals surface area contributed by atoms with E-state index in [4.69, 9.17) is 0 Å². The number of amides is 1. The second-order valence-electron chi connectivity index (χ2n) is 6.15. The van der Waals surface area contributed by atoms with Crippen LogP contribution in [0.5, 0.6) is 0 Å². The highest BCUT2D eigenvalue weighted by Crippen LogP contribution is 2.22. The summed E-state index contributed by atoms with van der Waals surface area (Å²) >= 11 is 0. The van der Waals surface area contributed by atoms with E-state index in [9.17, 15) is 22.0 Å². The average molecular weight is 381 g/mol. The van der Waals surface area contributed by atoms with E-state index in [2.05, 4.69) is 10.3 Å². The Morgan fingerprint density at radius 3 is 2.69 bits per heavy atom. The zero-order valence-electron chi connectivity index (χ0n) is 13.9. The van der Waals surface area contributed by atoms with Gasteiger partial charge >= 0.3 is 0 Å². The molecule has 1 aliphatic heterocycles. The zero-order valence-corrected chi connectivity index (χ0v) is 14.8. The number of benzene rings is 1. The summed E-state index contributed by atoms with van der Waals surface area (Å²) in [6, 6.07) is 5.64. The number of carbonyl (C=O) groups is 1. The van der Waals surface area contributed by atoms with Crippen molar-refractivity contribution in [2.24, 2.45) is 0 Å². The molecule has 1 N–H and O–H groups in total. The minimum absolute atomic E-state index is 0.0266. The largest absolute Gasteiger partial charge is 0.338 e. The molecule has 1 fully saturated rings. The van der Waals surface area contributed by atoms with Crippen LogP contribution in [0.4, 0.5) is 20.3 Å². The molecule has 1 saturated heterocycles. The van der Waals surface area contributed by atoms with Crippen LogP contribution in [-0.4, -0.2) is 48.8 Å². The van der Waals surface area contributed by atoms with Gasteiger partial charge in [-0.3, -0.25) is 4.79 Å². The highest BCUT2D eigenvalue weighted by Gasteiger charge is 2.33. The van der Waals surface area contributed by atoms with Crippen LogP contribution in [0, 0.1) is 11.6 Å². The molecular formula is C17H17F2N3O3S. The number of sulfone groups is 1. The van der Waals surface area contributed by atoms with Crippen molar-refractivity contribution in [3.05, 3.63) is 53.7 Å². The number of hydrogen-bond donors (Lipinski definition) is 1. The van der Waals surface area contributed by atoms with Crippen LogP contribution in [0.3, 0.4) is 0 Å². The fraction of sp³-hybridized carbons (Fsp3) is 0.294. The molecule has 3 rings (SSSR count). The summed E-state index contributed by atoms with van der Waals surface area (Å²) in [5.41, 5.74) is 0.315. The van der Waals surface area contributed by atoms with Gasteiger partial charge in [-0.1, -0.05) is 0 Å². The lowest BCUT2D eigenvalue weighted by Crippen LogP contribution is -2.37. The van der Waals surface area contributed by atoms with Crippen LogP contribution in [0.2, 0.25) is 0 Å². The molecule has 0 spiro atoms. The minimum atomic E-state index is -3.10. The molecule has 0 aliphatic carbocycles. The predicted octanol–water partition coefficient (Wildman–Crippen LogP) is 2.36. The molecule has 6 nitrogen and oxygen atoms in total. The predicted molar refractivity (Wildman–Crippen MR) is 93.0 cm³/mol. The first-order valence-corrected chi connectivity index (χ1v) is 9.73. The number of nitrogens with one attached hydrogen (secondary N) is 1. The summed E-state index contributed by atoms with van der Waals surface area (Å²) in [6.45, 7) is 0. The van der Waals surface area contributed by atoms with Gasteiger partial charge in [0.15, 0.2) is 9.84 Å². The molecule has 138 valence electrons. The molecule has 2 heterocycles. The van der Waals surface area contributed by atoms with Gasteiger partial charge in [-0.15, -0.1) is 0 Å². The van der Waals surface area contributed by atoms with E-state index >= 15 is 0 Å². The standard InChI is InChI=1S/C17H17F2N3O3S/c1-22(13-5-7-26(24,25)10-13)17(23)11-4-6-20-16(8-11)21-15-3-2-12(18)9-14(15)19/h2-4,6,8-9,13H,5,7,10H2,1H3,(H,20,21). The maximum atomic E-state index is 13.7. The van der Waals surface area contributed by atoms with Crippen molar-refractivity contribution in [1.29, 1.82) is 0 Å². The van der Waals surface area contributed by atoms with Crippen molar-refractivity contribution in [2.45, 2.75) is 12.5 Å². The Labute approximate surface area is 149 Å². The van der Waals surface area contributed by atoms with Crippen molar-refractivity contribution < 1.29 is 22.0 Å². The van der Waals surface area contributed by atoms with Crippen molar-refractivity contribution >= 4 is 27.2 Å². The number of pyridine rings is 1. The van der Waals surface area contributed by atoms with Crippen LogP contribution in [0.15, 0.2) is 36.5 Å². The molecule has 9 heteroatoms. The molecule has 1 unspecified atom stereocenters. The maximum absolute atomic E-state index is 13.7. The first-order valence-electron chi connectivity index (χ1n) is 7.91.